The van der Waals surface area contributed by atoms with E-state index < -0.39 is 23.8 Å². The lowest BCUT2D eigenvalue weighted by atomic mass is 9.70. The lowest BCUT2D eigenvalue weighted by Gasteiger charge is -2.32. The van der Waals surface area contributed by atoms with Crippen LogP contribution in [0.1, 0.15) is 6.92 Å². The zero-order valence-corrected chi connectivity index (χ0v) is 17.4. The van der Waals surface area contributed by atoms with Gasteiger partial charge >= 0.3 is 0 Å². The maximum Gasteiger partial charge on any atom is 0.244 e. The summed E-state index contributed by atoms with van der Waals surface area (Å²) in [6, 6.07) is 6.59. The summed E-state index contributed by atoms with van der Waals surface area (Å²) in [6.07, 6.45) is 3.75. The van der Waals surface area contributed by atoms with Crippen molar-refractivity contribution in [1.82, 2.24) is 30.5 Å². The molecule has 5 atom stereocenters. The molecule has 31 heavy (non-hydrogen) atoms. The van der Waals surface area contributed by atoms with Gasteiger partial charge in [0, 0.05) is 19.5 Å². The van der Waals surface area contributed by atoms with E-state index in [4.69, 9.17) is 0 Å². The Bertz CT molecular complexity index is 1030. The first-order valence-corrected chi connectivity index (χ1v) is 10.3. The van der Waals surface area contributed by atoms with Crippen molar-refractivity contribution in [2.45, 2.75) is 19.6 Å². The molecule has 0 spiro atoms. The Morgan fingerprint density at radius 2 is 1.97 bits per heavy atom. The van der Waals surface area contributed by atoms with Gasteiger partial charge in [-0.15, -0.1) is 5.10 Å². The first kappa shape index (κ1) is 21.0. The van der Waals surface area contributed by atoms with E-state index in [0.29, 0.717) is 5.52 Å². The van der Waals surface area contributed by atoms with Crippen LogP contribution in [0.4, 0.5) is 0 Å². The van der Waals surface area contributed by atoms with Gasteiger partial charge in [-0.3, -0.25) is 14.4 Å². The third-order valence-corrected chi connectivity index (χ3v) is 6.26. The Kier molecular flexibility index (Phi) is 5.73. The van der Waals surface area contributed by atoms with Gasteiger partial charge in [-0.25, -0.2) is 4.68 Å². The highest BCUT2D eigenvalue weighted by molar-refractivity contribution is 5.96. The number of hydrogen-bond donors (Lipinski definition) is 3. The largest absolute Gasteiger partial charge is 0.395 e. The molecule has 164 valence electrons. The summed E-state index contributed by atoms with van der Waals surface area (Å²) >= 11 is 0. The van der Waals surface area contributed by atoms with Gasteiger partial charge < -0.3 is 20.6 Å². The molecule has 1 aliphatic heterocycles. The zero-order valence-electron chi connectivity index (χ0n) is 17.4. The highest BCUT2D eigenvalue weighted by Gasteiger charge is 2.56. The Morgan fingerprint density at radius 1 is 1.19 bits per heavy atom. The molecule has 0 bridgehead atoms. The molecule has 1 saturated heterocycles. The number of nitrogens with one attached hydrogen (secondary N) is 2. The smallest absolute Gasteiger partial charge is 0.244 e. The van der Waals surface area contributed by atoms with Crippen LogP contribution in [0.25, 0.3) is 11.0 Å². The molecule has 1 aromatic heterocycles. The number of hydrogen-bond acceptors (Lipinski definition) is 6. The van der Waals surface area contributed by atoms with E-state index in [-0.39, 0.29) is 43.5 Å². The van der Waals surface area contributed by atoms with Crippen molar-refractivity contribution in [2.24, 2.45) is 23.7 Å². The second kappa shape index (κ2) is 8.46. The first-order chi connectivity index (χ1) is 15.0. The number of benzene rings is 1. The fourth-order valence-electron chi connectivity index (χ4n) is 4.80. The van der Waals surface area contributed by atoms with Crippen LogP contribution >= 0.6 is 0 Å². The van der Waals surface area contributed by atoms with Crippen LogP contribution < -0.4 is 10.6 Å². The molecule has 3 N–H and O–H groups in total. The SMILES string of the molecule is CNC(=O)[C@H]1[C@H]2C(=O)N(CCO)[C@H](C(=O)NCn3nnc4ccccc43)[C@H]2C=C[C@H]1C. The van der Waals surface area contributed by atoms with Crippen LogP contribution in [0.15, 0.2) is 36.4 Å². The average molecular weight is 426 g/mol. The fourth-order valence-corrected chi connectivity index (χ4v) is 4.80. The van der Waals surface area contributed by atoms with Crippen molar-refractivity contribution in [3.05, 3.63) is 36.4 Å². The number of allylic oxidation sites excluding steroid dienone is 1. The molecule has 2 heterocycles. The van der Waals surface area contributed by atoms with E-state index in [1.165, 1.54) is 4.90 Å². The van der Waals surface area contributed by atoms with Crippen molar-refractivity contribution < 1.29 is 19.5 Å². The molecule has 1 aliphatic carbocycles. The highest BCUT2D eigenvalue weighted by atomic mass is 16.3. The fraction of sp³-hybridized carbons (Fsp3) is 0.476. The van der Waals surface area contributed by atoms with E-state index in [1.54, 1.807) is 11.7 Å². The van der Waals surface area contributed by atoms with Crippen molar-refractivity contribution in [3.8, 4) is 0 Å². The van der Waals surface area contributed by atoms with E-state index in [1.807, 2.05) is 43.3 Å². The second-order valence-electron chi connectivity index (χ2n) is 7.96. The highest BCUT2D eigenvalue weighted by Crippen LogP contribution is 2.43. The summed E-state index contributed by atoms with van der Waals surface area (Å²) in [5, 5.41) is 23.1. The molecule has 10 nitrogen and oxygen atoms in total. The minimum atomic E-state index is -0.810. The van der Waals surface area contributed by atoms with Gasteiger partial charge in [0.15, 0.2) is 0 Å². The molecule has 0 radical (unpaired) electrons. The van der Waals surface area contributed by atoms with Crippen LogP contribution in [0, 0.1) is 23.7 Å². The van der Waals surface area contributed by atoms with E-state index >= 15 is 0 Å². The number of rotatable bonds is 6. The monoisotopic (exact) mass is 426 g/mol. The van der Waals surface area contributed by atoms with Crippen LogP contribution in [-0.2, 0) is 21.1 Å². The quantitative estimate of drug-likeness (QED) is 0.535. The molecule has 4 rings (SSSR count). The number of aromatic nitrogens is 3. The molecule has 0 unspecified atom stereocenters. The van der Waals surface area contributed by atoms with Gasteiger partial charge in [0.25, 0.3) is 0 Å². The predicted octanol–water partition coefficient (Wildman–Crippen LogP) is -0.491. The second-order valence-corrected chi connectivity index (χ2v) is 7.96. The minimum Gasteiger partial charge on any atom is -0.395 e. The van der Waals surface area contributed by atoms with Gasteiger partial charge in [0.1, 0.15) is 18.2 Å². The molecule has 2 aliphatic rings. The number of aliphatic hydroxyl groups excluding tert-OH is 1. The van der Waals surface area contributed by atoms with Gasteiger partial charge in [-0.05, 0) is 18.1 Å². The number of carbonyl (C=O) groups is 3. The number of fused-ring (bicyclic) bond motifs is 2. The van der Waals surface area contributed by atoms with E-state index in [2.05, 4.69) is 20.9 Å². The molecule has 3 amide bonds. The number of amides is 3. The molecule has 2 aromatic rings. The van der Waals surface area contributed by atoms with E-state index in [0.717, 1.165) is 5.52 Å². The Hall–Kier alpha value is -3.27. The third kappa shape index (κ3) is 3.56. The molecule has 10 heteroatoms. The first-order valence-electron chi connectivity index (χ1n) is 10.3. The van der Waals surface area contributed by atoms with Crippen LogP contribution in [-0.4, -0.2) is 69.0 Å². The average Bonchev–Trinajstić information content (AvgIpc) is 3.31. The summed E-state index contributed by atoms with van der Waals surface area (Å²) in [5.41, 5.74) is 1.49. The number of β-amino-alcohol motifs (C(OH)–C–C–N with tert-alkyl or cyclic N) is 1. The topological polar surface area (TPSA) is 129 Å². The van der Waals surface area contributed by atoms with Crippen LogP contribution in [0.2, 0.25) is 0 Å². The molecular formula is C21H26N6O4. The maximum absolute atomic E-state index is 13.2. The normalized spacial score (nSPS) is 27.4. The Morgan fingerprint density at radius 3 is 2.71 bits per heavy atom. The Labute approximate surface area is 179 Å². The van der Waals surface area contributed by atoms with Crippen molar-refractivity contribution in [2.75, 3.05) is 20.2 Å². The number of likely N-dealkylation sites (tertiary alicyclic amines) is 1. The summed E-state index contributed by atoms with van der Waals surface area (Å²) in [7, 11) is 1.54. The summed E-state index contributed by atoms with van der Waals surface area (Å²) in [4.78, 5) is 40.3. The maximum atomic E-state index is 13.2. The molecule has 0 saturated carbocycles. The van der Waals surface area contributed by atoms with E-state index in [9.17, 15) is 19.5 Å². The number of para-hydroxylation sites is 1. The van der Waals surface area contributed by atoms with Crippen molar-refractivity contribution in [1.29, 1.82) is 0 Å². The summed E-state index contributed by atoms with van der Waals surface area (Å²) in [5.74, 6) is -2.66. The number of aliphatic hydroxyl groups is 1. The zero-order chi connectivity index (χ0) is 22.1. The molecular weight excluding hydrogens is 400 g/mol. The standard InChI is InChI=1S/C21H26N6O4/c1-12-7-8-13-17(16(12)19(29)22-2)21(31)26(9-10-28)18(13)20(30)23-11-27-15-6-4-3-5-14(15)24-25-27/h3-8,12-13,16-18,28H,9-11H2,1-2H3,(H,22,29)(H,23,30)/t12-,13+,16-,17+,18+/m1/s1. The van der Waals surface area contributed by atoms with Gasteiger partial charge in [-0.1, -0.05) is 36.4 Å². The predicted molar refractivity (Wildman–Crippen MR) is 111 cm³/mol. The molecule has 1 fully saturated rings. The summed E-state index contributed by atoms with van der Waals surface area (Å²) < 4.78 is 1.57. The van der Waals surface area contributed by atoms with Crippen molar-refractivity contribution in [3.63, 3.8) is 0 Å². The lowest BCUT2D eigenvalue weighted by molar-refractivity contribution is -0.141. The number of carbonyl (C=O) groups excluding carboxylic acids is 3. The van der Waals surface area contributed by atoms with Crippen molar-refractivity contribution >= 4 is 28.8 Å². The van der Waals surface area contributed by atoms with Gasteiger partial charge in [0.05, 0.1) is 24.0 Å². The van der Waals surface area contributed by atoms with Crippen LogP contribution in [0.3, 0.4) is 0 Å². The van der Waals surface area contributed by atoms with Gasteiger partial charge in [-0.2, -0.15) is 0 Å². The Balaban J connectivity index is 1.59. The summed E-state index contributed by atoms with van der Waals surface area (Å²) in [6.45, 7) is 1.73. The number of nitrogens with zero attached hydrogens (tertiary/aromatic N) is 4. The van der Waals surface area contributed by atoms with Gasteiger partial charge in [0.2, 0.25) is 17.7 Å². The third-order valence-electron chi connectivity index (χ3n) is 6.26. The lowest BCUT2D eigenvalue weighted by Crippen LogP contribution is -2.48. The minimum absolute atomic E-state index is 0.0266. The molecule has 1 aromatic carbocycles. The van der Waals surface area contributed by atoms with Crippen LogP contribution in [0.5, 0.6) is 0 Å².